The van der Waals surface area contributed by atoms with Gasteiger partial charge in [0.1, 0.15) is 0 Å². The Morgan fingerprint density at radius 1 is 1.10 bits per heavy atom. The summed E-state index contributed by atoms with van der Waals surface area (Å²) in [4.78, 5) is 18.0. The van der Waals surface area contributed by atoms with Crippen molar-refractivity contribution in [1.82, 2.24) is 15.1 Å². The third-order valence-corrected chi connectivity index (χ3v) is 7.87. The first kappa shape index (κ1) is 20.6. The van der Waals surface area contributed by atoms with Crippen molar-refractivity contribution in [3.63, 3.8) is 0 Å². The van der Waals surface area contributed by atoms with Gasteiger partial charge in [-0.1, -0.05) is 42.5 Å². The molecule has 0 aromatic heterocycles. The number of fused-ring (bicyclic) bond motifs is 4. The molecule has 4 heteroatoms. The second-order valence-electron chi connectivity index (χ2n) is 9.76. The minimum atomic E-state index is 0.134. The molecule has 0 unspecified atom stereocenters. The van der Waals surface area contributed by atoms with Gasteiger partial charge in [-0.2, -0.15) is 0 Å². The van der Waals surface area contributed by atoms with Crippen LogP contribution in [-0.2, 0) is 12.8 Å². The van der Waals surface area contributed by atoms with E-state index in [1.165, 1.54) is 34.2 Å². The Morgan fingerprint density at radius 3 is 2.74 bits per heavy atom. The van der Waals surface area contributed by atoms with Gasteiger partial charge in [0.25, 0.3) is 0 Å². The molecular formula is C27H35N3O. The predicted octanol–water partition coefficient (Wildman–Crippen LogP) is 4.64. The van der Waals surface area contributed by atoms with Crippen molar-refractivity contribution in [2.75, 3.05) is 26.2 Å². The highest BCUT2D eigenvalue weighted by atomic mass is 16.2. The number of carbonyl (C=O) groups excluding carboxylic acids is 1. The average molecular weight is 418 g/mol. The van der Waals surface area contributed by atoms with Gasteiger partial charge in [0.15, 0.2) is 0 Å². The van der Waals surface area contributed by atoms with Crippen molar-refractivity contribution < 1.29 is 4.79 Å². The molecule has 2 aromatic rings. The molecule has 2 fully saturated rings. The monoisotopic (exact) mass is 417 g/mol. The molecule has 164 valence electrons. The van der Waals surface area contributed by atoms with E-state index in [9.17, 15) is 4.79 Å². The van der Waals surface area contributed by atoms with Crippen LogP contribution in [0.25, 0.3) is 0 Å². The molecule has 3 heterocycles. The Hall–Kier alpha value is -2.33. The van der Waals surface area contributed by atoms with Gasteiger partial charge in [-0.15, -0.1) is 0 Å². The van der Waals surface area contributed by atoms with Crippen LogP contribution < -0.4 is 5.32 Å². The number of aryl methyl sites for hydroxylation is 2. The van der Waals surface area contributed by atoms with Crippen LogP contribution in [-0.4, -0.2) is 48.1 Å². The second kappa shape index (κ2) is 8.66. The summed E-state index contributed by atoms with van der Waals surface area (Å²) in [5, 5.41) is 3.22. The molecule has 4 nitrogen and oxygen atoms in total. The fourth-order valence-electron chi connectivity index (χ4n) is 6.05. The lowest BCUT2D eigenvalue weighted by Crippen LogP contribution is -2.59. The number of benzene rings is 2. The van der Waals surface area contributed by atoms with Crippen molar-refractivity contribution in [3.8, 4) is 0 Å². The third kappa shape index (κ3) is 4.10. The zero-order valence-electron chi connectivity index (χ0n) is 18.9. The molecule has 2 aromatic carbocycles. The van der Waals surface area contributed by atoms with Crippen LogP contribution in [0.5, 0.6) is 0 Å². The molecule has 2 saturated heterocycles. The summed E-state index contributed by atoms with van der Waals surface area (Å²) < 4.78 is 0. The maximum absolute atomic E-state index is 13.1. The summed E-state index contributed by atoms with van der Waals surface area (Å²) in [6.07, 6.45) is 5.50. The number of urea groups is 1. The number of piperidine rings is 2. The van der Waals surface area contributed by atoms with Gasteiger partial charge in [-0.05, 0) is 79.7 Å². The summed E-state index contributed by atoms with van der Waals surface area (Å²) in [5.74, 6) is 0.609. The Morgan fingerprint density at radius 2 is 1.90 bits per heavy atom. The maximum atomic E-state index is 13.1. The molecule has 0 radical (unpaired) electrons. The third-order valence-electron chi connectivity index (χ3n) is 7.87. The molecular weight excluding hydrogens is 382 g/mol. The molecule has 0 bridgehead atoms. The smallest absolute Gasteiger partial charge is 0.317 e. The molecule has 3 aliphatic heterocycles. The first-order chi connectivity index (χ1) is 15.1. The van der Waals surface area contributed by atoms with Crippen LogP contribution in [0.1, 0.15) is 53.1 Å². The maximum Gasteiger partial charge on any atom is 0.317 e. The largest absolute Gasteiger partial charge is 0.338 e. The van der Waals surface area contributed by atoms with E-state index < -0.39 is 0 Å². The van der Waals surface area contributed by atoms with Crippen molar-refractivity contribution in [2.24, 2.45) is 5.92 Å². The van der Waals surface area contributed by atoms with Crippen LogP contribution in [0.2, 0.25) is 0 Å². The Labute approximate surface area is 186 Å². The molecule has 2 amide bonds. The normalized spacial score (nSPS) is 25.4. The number of carbonyl (C=O) groups is 1. The van der Waals surface area contributed by atoms with E-state index in [0.717, 1.165) is 45.3 Å². The van der Waals surface area contributed by atoms with Gasteiger partial charge >= 0.3 is 6.03 Å². The fourth-order valence-corrected chi connectivity index (χ4v) is 6.05. The van der Waals surface area contributed by atoms with E-state index in [1.54, 1.807) is 0 Å². The van der Waals surface area contributed by atoms with Crippen LogP contribution in [0, 0.1) is 19.8 Å². The number of likely N-dealkylation sites (tertiary alicyclic amines) is 1. The van der Waals surface area contributed by atoms with E-state index >= 15 is 0 Å². The molecule has 0 spiro atoms. The first-order valence-electron chi connectivity index (χ1n) is 12.0. The number of hydrogen-bond donors (Lipinski definition) is 1. The van der Waals surface area contributed by atoms with E-state index in [2.05, 4.69) is 65.4 Å². The van der Waals surface area contributed by atoms with Gasteiger partial charge in [0, 0.05) is 38.3 Å². The highest BCUT2D eigenvalue weighted by molar-refractivity contribution is 5.74. The number of nitrogens with zero attached hydrogens (tertiary/aromatic N) is 2. The predicted molar refractivity (Wildman–Crippen MR) is 125 cm³/mol. The van der Waals surface area contributed by atoms with E-state index in [4.69, 9.17) is 0 Å². The molecule has 3 aliphatic rings. The average Bonchev–Trinajstić information content (AvgIpc) is 2.79. The summed E-state index contributed by atoms with van der Waals surface area (Å²) in [7, 11) is 0. The Kier molecular flexibility index (Phi) is 5.75. The molecule has 5 rings (SSSR count). The molecule has 1 N–H and O–H groups in total. The van der Waals surface area contributed by atoms with Crippen molar-refractivity contribution in [2.45, 2.75) is 58.0 Å². The lowest BCUT2D eigenvalue weighted by atomic mass is 9.76. The Balaban J connectivity index is 1.29. The number of hydrogen-bond acceptors (Lipinski definition) is 2. The molecule has 3 atom stereocenters. The van der Waals surface area contributed by atoms with Crippen molar-refractivity contribution in [1.29, 1.82) is 0 Å². The van der Waals surface area contributed by atoms with Gasteiger partial charge in [0.05, 0.1) is 0 Å². The van der Waals surface area contributed by atoms with E-state index in [0.29, 0.717) is 24.5 Å². The lowest BCUT2D eigenvalue weighted by Gasteiger charge is -2.52. The van der Waals surface area contributed by atoms with Crippen LogP contribution in [0.4, 0.5) is 4.79 Å². The van der Waals surface area contributed by atoms with Gasteiger partial charge in [0.2, 0.25) is 0 Å². The molecule has 31 heavy (non-hydrogen) atoms. The lowest BCUT2D eigenvalue weighted by molar-refractivity contribution is 0.00576. The summed E-state index contributed by atoms with van der Waals surface area (Å²) >= 11 is 0. The minimum absolute atomic E-state index is 0.134. The summed E-state index contributed by atoms with van der Waals surface area (Å²) in [6, 6.07) is 16.2. The molecule has 0 saturated carbocycles. The van der Waals surface area contributed by atoms with Gasteiger partial charge < -0.3 is 10.2 Å². The van der Waals surface area contributed by atoms with E-state index in [-0.39, 0.29) is 6.03 Å². The fraction of sp³-hybridized carbons (Fsp3) is 0.519. The SMILES string of the molecule is Cc1cc2c(cc1C)[C@H]1C[C@H]3[C@H](CCCN3C(=O)NCCc3ccccc3)CN1CC2. The zero-order valence-corrected chi connectivity index (χ0v) is 18.9. The topological polar surface area (TPSA) is 35.6 Å². The zero-order chi connectivity index (χ0) is 21.4. The summed E-state index contributed by atoms with van der Waals surface area (Å²) in [5.41, 5.74) is 7.11. The number of nitrogens with one attached hydrogen (secondary N) is 1. The Bertz CT molecular complexity index is 941. The summed E-state index contributed by atoms with van der Waals surface area (Å²) in [6.45, 7) is 8.34. The van der Waals surface area contributed by atoms with Crippen LogP contribution in [0.3, 0.4) is 0 Å². The number of amides is 2. The first-order valence-corrected chi connectivity index (χ1v) is 12.0. The standard InChI is InChI=1S/C27H35N3O/c1-19-15-22-11-14-29-18-23-9-6-13-30(25(23)17-26(29)24(22)16-20(19)2)27(31)28-12-10-21-7-4-3-5-8-21/h3-5,7-8,15-16,23,25-26H,6,9-14,17-18H2,1-2H3,(H,28,31)/t23-,25+,26-/m1/s1. The van der Waals surface area contributed by atoms with Crippen molar-refractivity contribution in [3.05, 3.63) is 70.3 Å². The highest BCUT2D eigenvalue weighted by Crippen LogP contribution is 2.43. The van der Waals surface area contributed by atoms with Gasteiger partial charge in [-0.25, -0.2) is 4.79 Å². The van der Waals surface area contributed by atoms with Crippen LogP contribution in [0.15, 0.2) is 42.5 Å². The quantitative estimate of drug-likeness (QED) is 0.790. The van der Waals surface area contributed by atoms with Gasteiger partial charge in [-0.3, -0.25) is 4.90 Å². The number of rotatable bonds is 3. The highest BCUT2D eigenvalue weighted by Gasteiger charge is 2.43. The second-order valence-corrected chi connectivity index (χ2v) is 9.76. The van der Waals surface area contributed by atoms with Crippen molar-refractivity contribution >= 4 is 6.03 Å². The van der Waals surface area contributed by atoms with E-state index in [1.807, 2.05) is 6.07 Å². The van der Waals surface area contributed by atoms with Crippen LogP contribution >= 0.6 is 0 Å². The minimum Gasteiger partial charge on any atom is -0.338 e. The molecule has 0 aliphatic carbocycles.